The summed E-state index contributed by atoms with van der Waals surface area (Å²) in [7, 11) is 1.63. The van der Waals surface area contributed by atoms with Crippen molar-refractivity contribution in [3.63, 3.8) is 0 Å². The van der Waals surface area contributed by atoms with Crippen molar-refractivity contribution in [1.29, 1.82) is 0 Å². The van der Waals surface area contributed by atoms with Crippen LogP contribution in [0.1, 0.15) is 43.0 Å². The Labute approximate surface area is 135 Å². The minimum Gasteiger partial charge on any atom is -0.493 e. The quantitative estimate of drug-likeness (QED) is 0.904. The van der Waals surface area contributed by atoms with Crippen LogP contribution in [0.2, 0.25) is 5.02 Å². The number of carbonyl (C=O) groups is 2. The molecule has 1 aliphatic rings. The summed E-state index contributed by atoms with van der Waals surface area (Å²) in [5.74, 6) is -0.307. The van der Waals surface area contributed by atoms with Gasteiger partial charge in [-0.15, -0.1) is 0 Å². The highest BCUT2D eigenvalue weighted by Crippen LogP contribution is 2.36. The summed E-state index contributed by atoms with van der Waals surface area (Å²) < 4.78 is 5.50. The summed E-state index contributed by atoms with van der Waals surface area (Å²) in [5, 5.41) is 0.494. The molecule has 0 heterocycles. The monoisotopic (exact) mass is 324 g/mol. The molecule has 0 bridgehead atoms. The zero-order valence-electron chi connectivity index (χ0n) is 12.9. The topological polar surface area (TPSA) is 72.6 Å². The number of halogens is 1. The van der Waals surface area contributed by atoms with Gasteiger partial charge in [-0.25, -0.2) is 0 Å². The molecule has 2 amide bonds. The normalized spacial score (nSPS) is 16.3. The summed E-state index contributed by atoms with van der Waals surface area (Å²) in [4.78, 5) is 26.3. The second kappa shape index (κ2) is 6.57. The van der Waals surface area contributed by atoms with E-state index in [0.717, 1.165) is 12.8 Å². The van der Waals surface area contributed by atoms with E-state index in [2.05, 4.69) is 0 Å². The van der Waals surface area contributed by atoms with Crippen LogP contribution in [-0.2, 0) is 4.79 Å². The molecule has 1 aliphatic carbocycles. The molecule has 0 atom stereocenters. The fourth-order valence-corrected chi connectivity index (χ4v) is 3.19. The first kappa shape index (κ1) is 16.6. The lowest BCUT2D eigenvalue weighted by Gasteiger charge is -2.36. The third-order valence-electron chi connectivity index (χ3n) is 4.31. The van der Waals surface area contributed by atoms with Gasteiger partial charge in [0.25, 0.3) is 5.91 Å². The van der Waals surface area contributed by atoms with Gasteiger partial charge < -0.3 is 15.4 Å². The molecule has 1 aromatic rings. The predicted molar refractivity (Wildman–Crippen MR) is 85.1 cm³/mol. The van der Waals surface area contributed by atoms with E-state index in [1.54, 1.807) is 25.2 Å². The average Bonchev–Trinajstić information content (AvgIpc) is 2.97. The molecule has 0 spiro atoms. The fraction of sp³-hybridized carbons (Fsp3) is 0.500. The van der Waals surface area contributed by atoms with E-state index < -0.39 is 11.4 Å². The standard InChI is InChI=1S/C16H21ClN2O3/c1-3-22-13-10-11(17)6-7-12(13)14(20)19(2)16(15(18)21)8-4-5-9-16/h6-7,10H,3-5,8-9H2,1-2H3,(H2,18,21). The zero-order valence-corrected chi connectivity index (χ0v) is 13.7. The number of hydrogen-bond acceptors (Lipinski definition) is 3. The number of carbonyl (C=O) groups excluding carboxylic acids is 2. The van der Waals surface area contributed by atoms with Crippen molar-refractivity contribution < 1.29 is 14.3 Å². The lowest BCUT2D eigenvalue weighted by atomic mass is 9.93. The first-order valence-electron chi connectivity index (χ1n) is 7.43. The highest BCUT2D eigenvalue weighted by Gasteiger charge is 2.45. The number of amides is 2. The lowest BCUT2D eigenvalue weighted by Crippen LogP contribution is -2.56. The van der Waals surface area contributed by atoms with Gasteiger partial charge in [-0.05, 0) is 38.0 Å². The van der Waals surface area contributed by atoms with Gasteiger partial charge in [-0.3, -0.25) is 9.59 Å². The van der Waals surface area contributed by atoms with Crippen molar-refractivity contribution in [3.8, 4) is 5.75 Å². The Bertz CT molecular complexity index is 583. The number of benzene rings is 1. The maximum absolute atomic E-state index is 12.8. The van der Waals surface area contributed by atoms with Crippen LogP contribution < -0.4 is 10.5 Å². The Morgan fingerprint density at radius 3 is 2.55 bits per heavy atom. The molecule has 1 aromatic carbocycles. The van der Waals surface area contributed by atoms with E-state index in [4.69, 9.17) is 22.1 Å². The second-order valence-corrected chi connectivity index (χ2v) is 5.98. The van der Waals surface area contributed by atoms with Crippen molar-refractivity contribution in [1.82, 2.24) is 4.90 Å². The van der Waals surface area contributed by atoms with Crippen molar-refractivity contribution in [2.75, 3.05) is 13.7 Å². The molecular formula is C16H21ClN2O3. The number of likely N-dealkylation sites (N-methyl/N-ethyl adjacent to an activating group) is 1. The molecule has 120 valence electrons. The fourth-order valence-electron chi connectivity index (χ4n) is 3.03. The summed E-state index contributed by atoms with van der Waals surface area (Å²) in [5.41, 5.74) is 5.07. The molecule has 0 radical (unpaired) electrons. The van der Waals surface area contributed by atoms with Crippen LogP contribution in [0.3, 0.4) is 0 Å². The molecule has 2 N–H and O–H groups in total. The van der Waals surface area contributed by atoms with E-state index in [1.807, 2.05) is 6.92 Å². The van der Waals surface area contributed by atoms with Crippen LogP contribution in [0.4, 0.5) is 0 Å². The molecule has 1 saturated carbocycles. The molecule has 0 aliphatic heterocycles. The molecule has 2 rings (SSSR count). The Kier molecular flexibility index (Phi) is 4.96. The molecule has 0 aromatic heterocycles. The Morgan fingerprint density at radius 1 is 1.36 bits per heavy atom. The number of nitrogens with zero attached hydrogens (tertiary/aromatic N) is 1. The Balaban J connectivity index is 2.36. The van der Waals surface area contributed by atoms with Gasteiger partial charge in [0, 0.05) is 12.1 Å². The van der Waals surface area contributed by atoms with Gasteiger partial charge in [0.2, 0.25) is 5.91 Å². The van der Waals surface area contributed by atoms with E-state index in [0.29, 0.717) is 35.8 Å². The first-order valence-corrected chi connectivity index (χ1v) is 7.80. The highest BCUT2D eigenvalue weighted by atomic mass is 35.5. The SMILES string of the molecule is CCOc1cc(Cl)ccc1C(=O)N(C)C1(C(N)=O)CCCC1. The Hall–Kier alpha value is -1.75. The first-order chi connectivity index (χ1) is 10.4. The van der Waals surface area contributed by atoms with E-state index >= 15 is 0 Å². The summed E-state index contributed by atoms with van der Waals surface area (Å²) in [6, 6.07) is 4.87. The molecular weight excluding hydrogens is 304 g/mol. The van der Waals surface area contributed by atoms with Gasteiger partial charge in [-0.2, -0.15) is 0 Å². The molecule has 1 fully saturated rings. The smallest absolute Gasteiger partial charge is 0.258 e. The van der Waals surface area contributed by atoms with Crippen LogP contribution in [0, 0.1) is 0 Å². The predicted octanol–water partition coefficient (Wildman–Crippen LogP) is 2.61. The number of hydrogen-bond donors (Lipinski definition) is 1. The van der Waals surface area contributed by atoms with E-state index in [9.17, 15) is 9.59 Å². The van der Waals surface area contributed by atoms with Crippen molar-refractivity contribution in [2.24, 2.45) is 5.73 Å². The zero-order chi connectivity index (χ0) is 16.3. The molecule has 0 saturated heterocycles. The minimum atomic E-state index is -0.903. The molecule has 22 heavy (non-hydrogen) atoms. The van der Waals surface area contributed by atoms with Crippen molar-refractivity contribution >= 4 is 23.4 Å². The second-order valence-electron chi connectivity index (χ2n) is 5.54. The molecule has 5 nitrogen and oxygen atoms in total. The number of ether oxygens (including phenoxy) is 1. The third kappa shape index (κ3) is 2.90. The van der Waals surface area contributed by atoms with E-state index in [-0.39, 0.29) is 5.91 Å². The number of rotatable bonds is 5. The van der Waals surface area contributed by atoms with Crippen LogP contribution in [0.15, 0.2) is 18.2 Å². The van der Waals surface area contributed by atoms with Gasteiger partial charge in [0.15, 0.2) is 0 Å². The number of primary amides is 1. The van der Waals surface area contributed by atoms with E-state index in [1.165, 1.54) is 4.90 Å². The molecule has 6 heteroatoms. The van der Waals surface area contributed by atoms with Crippen molar-refractivity contribution in [2.45, 2.75) is 38.1 Å². The maximum Gasteiger partial charge on any atom is 0.258 e. The number of nitrogens with two attached hydrogens (primary N) is 1. The average molecular weight is 325 g/mol. The van der Waals surface area contributed by atoms with Crippen LogP contribution >= 0.6 is 11.6 Å². The maximum atomic E-state index is 12.8. The largest absolute Gasteiger partial charge is 0.493 e. The lowest BCUT2D eigenvalue weighted by molar-refractivity contribution is -0.127. The van der Waals surface area contributed by atoms with Gasteiger partial charge >= 0.3 is 0 Å². The van der Waals surface area contributed by atoms with Crippen LogP contribution in [0.25, 0.3) is 0 Å². The van der Waals surface area contributed by atoms with Gasteiger partial charge in [-0.1, -0.05) is 24.4 Å². The summed E-state index contributed by atoms with van der Waals surface area (Å²) in [6.07, 6.45) is 2.98. The van der Waals surface area contributed by atoms with Crippen molar-refractivity contribution in [3.05, 3.63) is 28.8 Å². The van der Waals surface area contributed by atoms with Crippen LogP contribution in [0.5, 0.6) is 5.75 Å². The van der Waals surface area contributed by atoms with Crippen LogP contribution in [-0.4, -0.2) is 35.9 Å². The minimum absolute atomic E-state index is 0.277. The molecule has 0 unspecified atom stereocenters. The summed E-state index contributed by atoms with van der Waals surface area (Å²) >= 11 is 5.96. The highest BCUT2D eigenvalue weighted by molar-refractivity contribution is 6.30. The van der Waals surface area contributed by atoms with Gasteiger partial charge in [0.1, 0.15) is 11.3 Å². The van der Waals surface area contributed by atoms with Gasteiger partial charge in [0.05, 0.1) is 12.2 Å². The Morgan fingerprint density at radius 2 is 2.00 bits per heavy atom. The summed E-state index contributed by atoms with van der Waals surface area (Å²) in [6.45, 7) is 2.26. The third-order valence-corrected chi connectivity index (χ3v) is 4.55.